The van der Waals surface area contributed by atoms with Crippen molar-refractivity contribution in [3.63, 3.8) is 0 Å². The number of benzene rings is 1. The zero-order valence-electron chi connectivity index (χ0n) is 13.5. The molecule has 1 unspecified atom stereocenters. The van der Waals surface area contributed by atoms with Crippen molar-refractivity contribution in [2.24, 2.45) is 0 Å². The lowest BCUT2D eigenvalue weighted by Crippen LogP contribution is -2.35. The molecule has 1 aliphatic heterocycles. The van der Waals surface area contributed by atoms with E-state index in [4.69, 9.17) is 9.15 Å². The van der Waals surface area contributed by atoms with Crippen molar-refractivity contribution in [3.05, 3.63) is 30.2 Å². The Bertz CT molecular complexity index is 622. The van der Waals surface area contributed by atoms with Crippen LogP contribution >= 0.6 is 0 Å². The smallest absolute Gasteiger partial charge is 0.409 e. The number of likely N-dealkylation sites (tertiary alicyclic amines) is 1. The molecule has 1 N–H and O–H groups in total. The Hall–Kier alpha value is -2.08. The zero-order valence-corrected chi connectivity index (χ0v) is 13.5. The number of nitrogens with zero attached hydrogens (tertiary/aromatic N) is 2. The topological polar surface area (TPSA) is 67.6 Å². The molecule has 0 bridgehead atoms. The summed E-state index contributed by atoms with van der Waals surface area (Å²) in [7, 11) is 0. The van der Waals surface area contributed by atoms with Crippen molar-refractivity contribution >= 4 is 17.2 Å². The summed E-state index contributed by atoms with van der Waals surface area (Å²) in [6.07, 6.45) is 2.55. The molecule has 1 fully saturated rings. The number of aryl methyl sites for hydroxylation is 1. The third-order valence-electron chi connectivity index (χ3n) is 4.05. The average molecular weight is 317 g/mol. The van der Waals surface area contributed by atoms with Crippen molar-refractivity contribution < 1.29 is 13.9 Å². The summed E-state index contributed by atoms with van der Waals surface area (Å²) in [5, 5.41) is 3.49. The molecule has 1 saturated heterocycles. The molecule has 1 atom stereocenters. The number of para-hydroxylation sites is 2. The van der Waals surface area contributed by atoms with Gasteiger partial charge < -0.3 is 19.4 Å². The van der Waals surface area contributed by atoms with Crippen molar-refractivity contribution in [1.82, 2.24) is 15.2 Å². The molecule has 1 aromatic carbocycles. The van der Waals surface area contributed by atoms with Crippen LogP contribution in [-0.4, -0.2) is 48.3 Å². The first-order valence-corrected chi connectivity index (χ1v) is 8.26. The lowest BCUT2D eigenvalue weighted by molar-refractivity contribution is 0.115. The highest BCUT2D eigenvalue weighted by molar-refractivity contribution is 5.72. The number of carbonyl (C=O) groups excluding carboxylic acids is 1. The summed E-state index contributed by atoms with van der Waals surface area (Å²) in [4.78, 5) is 17.9. The Balaban J connectivity index is 1.38. The molecule has 0 spiro atoms. The lowest BCUT2D eigenvalue weighted by Gasteiger charge is -2.16. The zero-order chi connectivity index (χ0) is 16.1. The Morgan fingerprint density at radius 1 is 1.48 bits per heavy atom. The molecule has 2 heterocycles. The van der Waals surface area contributed by atoms with E-state index in [1.54, 1.807) is 4.90 Å². The Labute approximate surface area is 135 Å². The summed E-state index contributed by atoms with van der Waals surface area (Å²) < 4.78 is 10.7. The van der Waals surface area contributed by atoms with Crippen LogP contribution in [0.1, 0.15) is 25.7 Å². The quantitative estimate of drug-likeness (QED) is 0.829. The number of hydrogen-bond donors (Lipinski definition) is 1. The van der Waals surface area contributed by atoms with Gasteiger partial charge in [0.2, 0.25) is 0 Å². The standard InChI is InChI=1S/C17H23N3O3/c1-2-22-17(21)20-11-9-13(12-20)18-10-5-8-16-19-14-6-3-4-7-15(14)23-16/h3-4,6-7,13,18H,2,5,8-12H2,1H3. The predicted molar refractivity (Wildman–Crippen MR) is 87.3 cm³/mol. The van der Waals surface area contributed by atoms with Gasteiger partial charge in [-0.3, -0.25) is 0 Å². The first-order valence-electron chi connectivity index (χ1n) is 8.26. The van der Waals surface area contributed by atoms with Gasteiger partial charge in [0.15, 0.2) is 11.5 Å². The second-order valence-electron chi connectivity index (χ2n) is 5.76. The summed E-state index contributed by atoms with van der Waals surface area (Å²) >= 11 is 0. The van der Waals surface area contributed by atoms with Gasteiger partial charge in [0.05, 0.1) is 6.61 Å². The van der Waals surface area contributed by atoms with Crippen LogP contribution in [0.25, 0.3) is 11.1 Å². The highest BCUT2D eigenvalue weighted by atomic mass is 16.6. The number of rotatable bonds is 6. The fraction of sp³-hybridized carbons (Fsp3) is 0.529. The third kappa shape index (κ3) is 4.01. The van der Waals surface area contributed by atoms with Gasteiger partial charge in [-0.25, -0.2) is 9.78 Å². The first kappa shape index (κ1) is 15.8. The Kier molecular flexibility index (Phi) is 5.12. The molecule has 6 heteroatoms. The molecule has 0 saturated carbocycles. The second-order valence-corrected chi connectivity index (χ2v) is 5.76. The molecule has 1 aliphatic rings. The van der Waals surface area contributed by atoms with Crippen LogP contribution in [0.4, 0.5) is 4.79 Å². The fourth-order valence-electron chi connectivity index (χ4n) is 2.88. The molecule has 2 aromatic rings. The average Bonchev–Trinajstić information content (AvgIpc) is 3.18. The van der Waals surface area contributed by atoms with Crippen molar-refractivity contribution in [1.29, 1.82) is 0 Å². The highest BCUT2D eigenvalue weighted by Gasteiger charge is 2.26. The van der Waals surface area contributed by atoms with Crippen LogP contribution in [0, 0.1) is 0 Å². The van der Waals surface area contributed by atoms with Crippen LogP contribution in [0.2, 0.25) is 0 Å². The minimum absolute atomic E-state index is 0.205. The molecule has 0 aliphatic carbocycles. The maximum atomic E-state index is 11.6. The number of oxazole rings is 1. The van der Waals surface area contributed by atoms with Crippen molar-refractivity contribution in [3.8, 4) is 0 Å². The number of aromatic nitrogens is 1. The number of nitrogens with one attached hydrogen (secondary N) is 1. The van der Waals surface area contributed by atoms with Gasteiger partial charge in [-0.1, -0.05) is 12.1 Å². The van der Waals surface area contributed by atoms with Gasteiger partial charge in [-0.15, -0.1) is 0 Å². The minimum Gasteiger partial charge on any atom is -0.450 e. The molecule has 23 heavy (non-hydrogen) atoms. The van der Waals surface area contributed by atoms with Crippen LogP contribution < -0.4 is 5.32 Å². The summed E-state index contributed by atoms with van der Waals surface area (Å²) in [5.41, 5.74) is 1.76. The van der Waals surface area contributed by atoms with Crippen LogP contribution in [-0.2, 0) is 11.2 Å². The Morgan fingerprint density at radius 2 is 2.35 bits per heavy atom. The van der Waals surface area contributed by atoms with E-state index in [0.29, 0.717) is 12.6 Å². The third-order valence-corrected chi connectivity index (χ3v) is 4.05. The molecule has 6 nitrogen and oxygen atoms in total. The second kappa shape index (κ2) is 7.46. The minimum atomic E-state index is -0.205. The van der Waals surface area contributed by atoms with Gasteiger partial charge >= 0.3 is 6.09 Å². The number of ether oxygens (including phenoxy) is 1. The normalized spacial score (nSPS) is 17.8. The number of fused-ring (bicyclic) bond motifs is 1. The van der Waals surface area contributed by atoms with E-state index in [2.05, 4.69) is 10.3 Å². The number of hydrogen-bond acceptors (Lipinski definition) is 5. The summed E-state index contributed by atoms with van der Waals surface area (Å²) in [6.45, 7) is 4.64. The van der Waals surface area contributed by atoms with Gasteiger partial charge in [-0.05, 0) is 38.4 Å². The van der Waals surface area contributed by atoms with Gasteiger partial charge in [-0.2, -0.15) is 0 Å². The van der Waals surface area contributed by atoms with E-state index in [0.717, 1.165) is 55.9 Å². The van der Waals surface area contributed by atoms with E-state index >= 15 is 0 Å². The van der Waals surface area contributed by atoms with Crippen LogP contribution in [0.5, 0.6) is 0 Å². The van der Waals surface area contributed by atoms with Crippen molar-refractivity contribution in [2.75, 3.05) is 26.2 Å². The summed E-state index contributed by atoms with van der Waals surface area (Å²) in [6, 6.07) is 8.17. The largest absolute Gasteiger partial charge is 0.450 e. The van der Waals surface area contributed by atoms with Gasteiger partial charge in [0.1, 0.15) is 5.52 Å². The molecular formula is C17H23N3O3. The van der Waals surface area contributed by atoms with E-state index in [1.807, 2.05) is 31.2 Å². The number of amides is 1. The SMILES string of the molecule is CCOC(=O)N1CCC(NCCCc2nc3ccccc3o2)C1. The van der Waals surface area contributed by atoms with Crippen molar-refractivity contribution in [2.45, 2.75) is 32.2 Å². The van der Waals surface area contributed by atoms with E-state index in [9.17, 15) is 4.79 Å². The monoisotopic (exact) mass is 317 g/mol. The highest BCUT2D eigenvalue weighted by Crippen LogP contribution is 2.15. The van der Waals surface area contributed by atoms with E-state index < -0.39 is 0 Å². The van der Waals surface area contributed by atoms with E-state index in [-0.39, 0.29) is 6.09 Å². The molecule has 124 valence electrons. The fourth-order valence-corrected chi connectivity index (χ4v) is 2.88. The summed E-state index contributed by atoms with van der Waals surface area (Å²) in [5.74, 6) is 0.785. The van der Waals surface area contributed by atoms with Gasteiger partial charge in [0.25, 0.3) is 0 Å². The Morgan fingerprint density at radius 3 is 3.17 bits per heavy atom. The predicted octanol–water partition coefficient (Wildman–Crippen LogP) is 2.58. The lowest BCUT2D eigenvalue weighted by atomic mass is 10.2. The maximum absolute atomic E-state index is 11.6. The maximum Gasteiger partial charge on any atom is 0.409 e. The number of carbonyl (C=O) groups is 1. The molecule has 0 radical (unpaired) electrons. The van der Waals surface area contributed by atoms with Crippen LogP contribution in [0.3, 0.4) is 0 Å². The van der Waals surface area contributed by atoms with Crippen LogP contribution in [0.15, 0.2) is 28.7 Å². The molecule has 1 aromatic heterocycles. The van der Waals surface area contributed by atoms with E-state index in [1.165, 1.54) is 0 Å². The molecular weight excluding hydrogens is 294 g/mol. The molecule has 3 rings (SSSR count). The van der Waals surface area contributed by atoms with Gasteiger partial charge in [0, 0.05) is 25.6 Å². The first-order chi connectivity index (χ1) is 11.3. The molecule has 1 amide bonds.